The number of aromatic nitrogens is 4. The first-order chi connectivity index (χ1) is 15.2. The van der Waals surface area contributed by atoms with Crippen molar-refractivity contribution in [2.45, 2.75) is 11.9 Å². The predicted octanol–water partition coefficient (Wildman–Crippen LogP) is 0.136. The van der Waals surface area contributed by atoms with E-state index in [2.05, 4.69) is 42.4 Å². The lowest BCUT2D eigenvalue weighted by molar-refractivity contribution is -0.575. The van der Waals surface area contributed by atoms with E-state index in [1.54, 1.807) is 18.2 Å². The first kappa shape index (κ1) is 23.4. The van der Waals surface area contributed by atoms with Crippen LogP contribution in [0.15, 0.2) is 42.7 Å². The highest BCUT2D eigenvalue weighted by Gasteiger charge is 2.54. The van der Waals surface area contributed by atoms with Crippen molar-refractivity contribution in [1.82, 2.24) is 19.9 Å². The van der Waals surface area contributed by atoms with E-state index in [9.17, 15) is 20.4 Å². The van der Waals surface area contributed by atoms with E-state index in [4.69, 9.17) is 19.5 Å². The molecule has 0 bridgehead atoms. The van der Waals surface area contributed by atoms with Crippen molar-refractivity contribution >= 4 is 18.6 Å². The van der Waals surface area contributed by atoms with Gasteiger partial charge in [0.25, 0.3) is 5.88 Å². The van der Waals surface area contributed by atoms with Crippen LogP contribution < -0.4 is 18.9 Å². The summed E-state index contributed by atoms with van der Waals surface area (Å²) in [5.74, 6) is -9.09. The normalized spacial score (nSPS) is 11.7. The summed E-state index contributed by atoms with van der Waals surface area (Å²) in [6.07, 6.45) is 2.79. The van der Waals surface area contributed by atoms with E-state index in [0.717, 1.165) is 0 Å². The molecule has 0 aliphatic heterocycles. The number of aliphatic hydroxyl groups is 4. The minimum absolute atomic E-state index is 0.00910. The summed E-state index contributed by atoms with van der Waals surface area (Å²) in [4.78, 5) is 19.3. The zero-order chi connectivity index (χ0) is 23.4. The Bertz CT molecular complexity index is 1070. The Morgan fingerprint density at radius 2 is 1.56 bits per heavy atom. The van der Waals surface area contributed by atoms with Gasteiger partial charge in [-0.2, -0.15) is 9.87 Å². The highest BCUT2D eigenvalue weighted by molar-refractivity contribution is 7.81. The quantitative estimate of drug-likeness (QED) is 0.0968. The summed E-state index contributed by atoms with van der Waals surface area (Å²) in [5, 5.41) is 47.5. The van der Waals surface area contributed by atoms with E-state index in [1.165, 1.54) is 31.6 Å². The second kappa shape index (κ2) is 9.45. The molecule has 14 nitrogen and oxygen atoms in total. The molecule has 0 aliphatic carbocycles. The maximum atomic E-state index is 9.95. The molecule has 0 radical (unpaired) electrons. The van der Waals surface area contributed by atoms with Gasteiger partial charge in [-0.1, -0.05) is 24.9 Å². The Hall–Kier alpha value is -3.31. The van der Waals surface area contributed by atoms with Crippen LogP contribution in [-0.4, -0.2) is 64.7 Å². The van der Waals surface area contributed by atoms with E-state index in [0.29, 0.717) is 0 Å². The van der Waals surface area contributed by atoms with Crippen molar-refractivity contribution in [2.75, 3.05) is 11.8 Å². The number of para-hydroxylation sites is 2. The molecule has 2 heterocycles. The minimum atomic E-state index is -3.99. The summed E-state index contributed by atoms with van der Waals surface area (Å²) in [6, 6.07) is 7.90. The lowest BCUT2D eigenvalue weighted by Crippen LogP contribution is -2.59. The van der Waals surface area contributed by atoms with Gasteiger partial charge in [0.15, 0.2) is 23.1 Å². The monoisotopic (exact) mass is 467 g/mol. The number of thiol groups is 1. The molecule has 0 fully saturated rings. The maximum absolute atomic E-state index is 9.95. The number of methoxy groups -OCH3 is 1. The molecular formula is C17H17N5O9S. The fourth-order valence-corrected chi connectivity index (χ4v) is 2.41. The summed E-state index contributed by atoms with van der Waals surface area (Å²) in [5.41, 5.74) is 0. The van der Waals surface area contributed by atoms with Crippen LogP contribution in [0.4, 0.5) is 5.82 Å². The molecule has 6 N–H and O–H groups in total. The van der Waals surface area contributed by atoms with Crippen LogP contribution in [0.3, 0.4) is 0 Å². The molecule has 2 aromatic heterocycles. The molecule has 1 aromatic carbocycles. The second-order valence-electron chi connectivity index (χ2n) is 5.88. The standard InChI is InChI=1S/C17H17N5O9S/c1-28-9-5-2-3-6-10(9)29-11-12(22-32)20-14(13-18-7-4-8-19-13)21-15(11)30-16(23,24)17(25,26)31-27/h2-8,23-27,32H,1H3,(H,20,21,22). The van der Waals surface area contributed by atoms with E-state index < -0.39 is 23.6 Å². The van der Waals surface area contributed by atoms with Crippen molar-refractivity contribution in [3.63, 3.8) is 0 Å². The summed E-state index contributed by atoms with van der Waals surface area (Å²) < 4.78 is 18.2. The van der Waals surface area contributed by atoms with Crippen LogP contribution in [0.5, 0.6) is 23.1 Å². The maximum Gasteiger partial charge on any atom is 0.413 e. The van der Waals surface area contributed by atoms with Gasteiger partial charge in [0, 0.05) is 12.4 Å². The van der Waals surface area contributed by atoms with Crippen LogP contribution in [0.25, 0.3) is 11.6 Å². The minimum Gasteiger partial charge on any atom is -0.493 e. The third-order valence-corrected chi connectivity index (χ3v) is 3.99. The van der Waals surface area contributed by atoms with Crippen molar-refractivity contribution < 1.29 is 44.8 Å². The van der Waals surface area contributed by atoms with Crippen LogP contribution in [0.2, 0.25) is 0 Å². The van der Waals surface area contributed by atoms with Crippen molar-refractivity contribution in [2.24, 2.45) is 0 Å². The molecule has 3 rings (SSSR count). The van der Waals surface area contributed by atoms with E-state index >= 15 is 0 Å². The van der Waals surface area contributed by atoms with Gasteiger partial charge in [-0.25, -0.2) is 20.2 Å². The van der Waals surface area contributed by atoms with E-state index in [1.807, 2.05) is 0 Å². The first-order valence-corrected chi connectivity index (χ1v) is 8.98. The zero-order valence-corrected chi connectivity index (χ0v) is 17.0. The van der Waals surface area contributed by atoms with Crippen molar-refractivity contribution in [3.8, 4) is 34.8 Å². The summed E-state index contributed by atoms with van der Waals surface area (Å²) in [6.45, 7) is 0. The molecule has 0 atom stereocenters. The van der Waals surface area contributed by atoms with Gasteiger partial charge < -0.3 is 39.4 Å². The largest absolute Gasteiger partial charge is 0.493 e. The first-order valence-electron chi connectivity index (χ1n) is 8.54. The number of nitrogens with zero attached hydrogens (tertiary/aromatic N) is 4. The van der Waals surface area contributed by atoms with Gasteiger partial charge in [0.05, 0.1) is 7.11 Å². The molecule has 0 spiro atoms. The van der Waals surface area contributed by atoms with Gasteiger partial charge in [0.2, 0.25) is 11.6 Å². The summed E-state index contributed by atoms with van der Waals surface area (Å²) >= 11 is 3.95. The number of anilines is 1. The number of hydrogen-bond acceptors (Lipinski definition) is 15. The predicted molar refractivity (Wildman–Crippen MR) is 107 cm³/mol. The average molecular weight is 467 g/mol. The van der Waals surface area contributed by atoms with Crippen LogP contribution >= 0.6 is 12.8 Å². The molecule has 0 aliphatic rings. The van der Waals surface area contributed by atoms with Crippen LogP contribution in [0.1, 0.15) is 0 Å². The Kier molecular flexibility index (Phi) is 6.90. The van der Waals surface area contributed by atoms with Crippen LogP contribution in [-0.2, 0) is 4.89 Å². The number of hydrogen-bond donors (Lipinski definition) is 7. The Morgan fingerprint density at radius 1 is 0.906 bits per heavy atom. The Morgan fingerprint density at radius 3 is 2.16 bits per heavy atom. The van der Waals surface area contributed by atoms with Crippen molar-refractivity contribution in [3.05, 3.63) is 42.7 Å². The molecule has 0 amide bonds. The van der Waals surface area contributed by atoms with Crippen LogP contribution in [0, 0.1) is 0 Å². The van der Waals surface area contributed by atoms with Gasteiger partial charge in [-0.05, 0) is 18.2 Å². The van der Waals surface area contributed by atoms with Gasteiger partial charge in [-0.3, -0.25) is 0 Å². The highest BCUT2D eigenvalue weighted by Crippen LogP contribution is 2.42. The Labute approximate surface area is 185 Å². The third-order valence-electron chi connectivity index (χ3n) is 3.78. The second-order valence-corrected chi connectivity index (χ2v) is 6.10. The number of benzene rings is 1. The van der Waals surface area contributed by atoms with Crippen molar-refractivity contribution in [1.29, 1.82) is 0 Å². The van der Waals surface area contributed by atoms with Gasteiger partial charge in [-0.15, -0.1) is 0 Å². The zero-order valence-electron chi connectivity index (χ0n) is 16.1. The molecular weight excluding hydrogens is 450 g/mol. The average Bonchev–Trinajstić information content (AvgIpc) is 2.80. The van der Waals surface area contributed by atoms with Gasteiger partial charge >= 0.3 is 11.9 Å². The SMILES string of the molecule is COc1ccccc1Oc1c(NS)nc(-c2ncccn2)nc1OC(O)(O)C(O)(O)OO. The fraction of sp³-hybridized carbons (Fsp3) is 0.176. The third kappa shape index (κ3) is 4.78. The smallest absolute Gasteiger partial charge is 0.413 e. The number of rotatable bonds is 9. The molecule has 170 valence electrons. The molecule has 3 aromatic rings. The topological polar surface area (TPSA) is 202 Å². The van der Waals surface area contributed by atoms with Gasteiger partial charge in [0.1, 0.15) is 0 Å². The number of ether oxygens (including phenoxy) is 3. The fourth-order valence-electron chi connectivity index (χ4n) is 2.26. The molecule has 0 saturated heterocycles. The molecule has 15 heteroatoms. The Balaban J connectivity index is 2.17. The molecule has 0 unspecified atom stereocenters. The molecule has 0 saturated carbocycles. The van der Waals surface area contributed by atoms with E-state index in [-0.39, 0.29) is 29.0 Å². The molecule has 32 heavy (non-hydrogen) atoms. The lowest BCUT2D eigenvalue weighted by atomic mass is 10.3. The number of nitrogens with one attached hydrogen (secondary N) is 1. The summed E-state index contributed by atoms with van der Waals surface area (Å²) in [7, 11) is 1.39. The lowest BCUT2D eigenvalue weighted by Gasteiger charge is -2.30. The highest BCUT2D eigenvalue weighted by atomic mass is 32.1.